The van der Waals surface area contributed by atoms with Gasteiger partial charge in [0.25, 0.3) is 0 Å². The van der Waals surface area contributed by atoms with Crippen LogP contribution in [0.15, 0.2) is 23.1 Å². The van der Waals surface area contributed by atoms with Gasteiger partial charge in [-0.1, -0.05) is 11.8 Å². The summed E-state index contributed by atoms with van der Waals surface area (Å²) in [6, 6.07) is 0. The standard InChI is InChI=1S/C9H11N3S2/c1-7-8(14-6-12-7)2-5-13-9-10-3-4-11-9/h3-4,6H,2,5H2,1H3,(H,10,11). The molecule has 0 unspecified atom stereocenters. The van der Waals surface area contributed by atoms with Crippen LogP contribution < -0.4 is 0 Å². The van der Waals surface area contributed by atoms with Gasteiger partial charge in [-0.25, -0.2) is 9.97 Å². The molecule has 0 amide bonds. The number of thiazole rings is 1. The molecule has 0 aromatic carbocycles. The van der Waals surface area contributed by atoms with Gasteiger partial charge >= 0.3 is 0 Å². The first kappa shape index (κ1) is 9.73. The van der Waals surface area contributed by atoms with Gasteiger partial charge in [0.1, 0.15) is 0 Å². The summed E-state index contributed by atoms with van der Waals surface area (Å²) in [5.41, 5.74) is 3.07. The van der Waals surface area contributed by atoms with Gasteiger partial charge in [0.2, 0.25) is 0 Å². The lowest BCUT2D eigenvalue weighted by molar-refractivity contribution is 1.05. The van der Waals surface area contributed by atoms with Crippen molar-refractivity contribution < 1.29 is 0 Å². The van der Waals surface area contributed by atoms with Gasteiger partial charge in [-0.05, 0) is 13.3 Å². The minimum absolute atomic E-state index is 0.993. The predicted octanol–water partition coefficient (Wildman–Crippen LogP) is 2.51. The van der Waals surface area contributed by atoms with Gasteiger partial charge < -0.3 is 4.98 Å². The number of nitrogens with zero attached hydrogens (tertiary/aromatic N) is 2. The van der Waals surface area contributed by atoms with Gasteiger partial charge in [-0.3, -0.25) is 0 Å². The summed E-state index contributed by atoms with van der Waals surface area (Å²) >= 11 is 3.48. The molecule has 0 aliphatic rings. The Morgan fingerprint density at radius 2 is 2.43 bits per heavy atom. The summed E-state index contributed by atoms with van der Waals surface area (Å²) < 4.78 is 0. The number of thioether (sulfide) groups is 1. The highest BCUT2D eigenvalue weighted by Gasteiger charge is 2.02. The van der Waals surface area contributed by atoms with E-state index in [0.717, 1.165) is 23.0 Å². The van der Waals surface area contributed by atoms with Gasteiger partial charge in [0.05, 0.1) is 11.2 Å². The molecule has 0 saturated heterocycles. The van der Waals surface area contributed by atoms with Crippen LogP contribution in [0.2, 0.25) is 0 Å². The Kier molecular flexibility index (Phi) is 3.21. The maximum Gasteiger partial charge on any atom is 0.165 e. The van der Waals surface area contributed by atoms with Crippen LogP contribution in [0.3, 0.4) is 0 Å². The van der Waals surface area contributed by atoms with Crippen LogP contribution in [-0.2, 0) is 6.42 Å². The first-order valence-corrected chi connectivity index (χ1v) is 6.24. The Morgan fingerprint density at radius 3 is 3.07 bits per heavy atom. The predicted molar refractivity (Wildman–Crippen MR) is 59.9 cm³/mol. The molecule has 74 valence electrons. The topological polar surface area (TPSA) is 41.6 Å². The number of aryl methyl sites for hydroxylation is 2. The van der Waals surface area contributed by atoms with E-state index in [-0.39, 0.29) is 0 Å². The second kappa shape index (κ2) is 4.61. The maximum absolute atomic E-state index is 4.22. The van der Waals surface area contributed by atoms with Crippen molar-refractivity contribution in [1.29, 1.82) is 0 Å². The van der Waals surface area contributed by atoms with Crippen LogP contribution in [-0.4, -0.2) is 20.7 Å². The van der Waals surface area contributed by atoms with Gasteiger partial charge in [0.15, 0.2) is 5.16 Å². The Balaban J connectivity index is 1.81. The lowest BCUT2D eigenvalue weighted by Gasteiger charge is -1.96. The molecule has 2 rings (SSSR count). The number of hydrogen-bond acceptors (Lipinski definition) is 4. The van der Waals surface area contributed by atoms with Crippen LogP contribution in [0, 0.1) is 6.92 Å². The zero-order valence-corrected chi connectivity index (χ0v) is 9.49. The fourth-order valence-corrected chi connectivity index (χ4v) is 2.83. The monoisotopic (exact) mass is 225 g/mol. The fraction of sp³-hybridized carbons (Fsp3) is 0.333. The summed E-state index contributed by atoms with van der Waals surface area (Å²) in [4.78, 5) is 12.8. The maximum atomic E-state index is 4.22. The highest BCUT2D eigenvalue weighted by atomic mass is 32.2. The molecule has 2 aromatic rings. The third-order valence-corrected chi connectivity index (χ3v) is 3.79. The molecule has 0 radical (unpaired) electrons. The van der Waals surface area contributed by atoms with E-state index in [2.05, 4.69) is 21.9 Å². The molecule has 5 heteroatoms. The van der Waals surface area contributed by atoms with E-state index < -0.39 is 0 Å². The van der Waals surface area contributed by atoms with E-state index >= 15 is 0 Å². The van der Waals surface area contributed by atoms with E-state index in [1.807, 2.05) is 11.7 Å². The van der Waals surface area contributed by atoms with Crippen LogP contribution in [0.4, 0.5) is 0 Å². The molecule has 2 heterocycles. The molecule has 0 aliphatic carbocycles. The van der Waals surface area contributed by atoms with Crippen molar-refractivity contribution in [3.05, 3.63) is 28.5 Å². The third-order valence-electron chi connectivity index (χ3n) is 1.89. The molecule has 0 spiro atoms. The Hall–Kier alpha value is -0.810. The minimum atomic E-state index is 0.993. The summed E-state index contributed by atoms with van der Waals surface area (Å²) in [6.45, 7) is 2.06. The molecule has 0 fully saturated rings. The number of imidazole rings is 1. The molecule has 1 N–H and O–H groups in total. The molecule has 0 saturated carbocycles. The smallest absolute Gasteiger partial charge is 0.165 e. The molecule has 0 aliphatic heterocycles. The van der Waals surface area contributed by atoms with E-state index in [9.17, 15) is 0 Å². The number of aromatic amines is 1. The largest absolute Gasteiger partial charge is 0.340 e. The van der Waals surface area contributed by atoms with E-state index in [1.165, 1.54) is 4.88 Å². The van der Waals surface area contributed by atoms with Crippen molar-refractivity contribution in [3.63, 3.8) is 0 Å². The van der Waals surface area contributed by atoms with E-state index in [1.54, 1.807) is 29.3 Å². The first-order valence-electron chi connectivity index (χ1n) is 4.37. The van der Waals surface area contributed by atoms with Crippen LogP contribution in [0.25, 0.3) is 0 Å². The zero-order valence-electron chi connectivity index (χ0n) is 7.86. The number of H-pyrrole nitrogens is 1. The second-order valence-electron chi connectivity index (χ2n) is 2.85. The fourth-order valence-electron chi connectivity index (χ4n) is 1.14. The average molecular weight is 225 g/mol. The minimum Gasteiger partial charge on any atom is -0.340 e. The molecule has 0 bridgehead atoms. The van der Waals surface area contributed by atoms with Gasteiger partial charge in [-0.2, -0.15) is 0 Å². The molecule has 14 heavy (non-hydrogen) atoms. The highest BCUT2D eigenvalue weighted by Crippen LogP contribution is 2.18. The van der Waals surface area contributed by atoms with Crippen molar-refractivity contribution in [2.75, 3.05) is 5.75 Å². The number of rotatable bonds is 4. The van der Waals surface area contributed by atoms with E-state index in [0.29, 0.717) is 0 Å². The van der Waals surface area contributed by atoms with Crippen LogP contribution >= 0.6 is 23.1 Å². The van der Waals surface area contributed by atoms with Crippen LogP contribution in [0.1, 0.15) is 10.6 Å². The van der Waals surface area contributed by atoms with Crippen molar-refractivity contribution in [2.45, 2.75) is 18.5 Å². The van der Waals surface area contributed by atoms with Crippen molar-refractivity contribution >= 4 is 23.1 Å². The second-order valence-corrected chi connectivity index (χ2v) is 4.88. The van der Waals surface area contributed by atoms with Crippen molar-refractivity contribution in [3.8, 4) is 0 Å². The highest BCUT2D eigenvalue weighted by molar-refractivity contribution is 7.99. The summed E-state index contributed by atoms with van der Waals surface area (Å²) in [6.07, 6.45) is 4.70. The van der Waals surface area contributed by atoms with Crippen LogP contribution in [0.5, 0.6) is 0 Å². The molecule has 2 aromatic heterocycles. The lowest BCUT2D eigenvalue weighted by atomic mass is 10.3. The molecular weight excluding hydrogens is 214 g/mol. The average Bonchev–Trinajstić information content (AvgIpc) is 2.78. The lowest BCUT2D eigenvalue weighted by Crippen LogP contribution is -1.88. The molecule has 0 atom stereocenters. The van der Waals surface area contributed by atoms with Gasteiger partial charge in [0, 0.05) is 23.0 Å². The molecule has 3 nitrogen and oxygen atoms in total. The summed E-state index contributed by atoms with van der Waals surface area (Å²) in [7, 11) is 0. The Morgan fingerprint density at radius 1 is 1.50 bits per heavy atom. The van der Waals surface area contributed by atoms with Crippen molar-refractivity contribution in [2.24, 2.45) is 0 Å². The van der Waals surface area contributed by atoms with Gasteiger partial charge in [-0.15, -0.1) is 11.3 Å². The SMILES string of the molecule is Cc1ncsc1CCSc1ncc[nH]1. The number of hydrogen-bond donors (Lipinski definition) is 1. The van der Waals surface area contributed by atoms with Crippen molar-refractivity contribution in [1.82, 2.24) is 15.0 Å². The quantitative estimate of drug-likeness (QED) is 0.813. The van der Waals surface area contributed by atoms with E-state index in [4.69, 9.17) is 0 Å². The summed E-state index contributed by atoms with van der Waals surface area (Å²) in [5, 5.41) is 0.993. The molecular formula is C9H11N3S2. The zero-order chi connectivity index (χ0) is 9.80. The number of nitrogens with one attached hydrogen (secondary N) is 1. The normalized spacial score (nSPS) is 10.6. The Bertz CT molecular complexity index is 380. The number of aromatic nitrogens is 3. The third kappa shape index (κ3) is 2.36. The summed E-state index contributed by atoms with van der Waals surface area (Å²) in [5.74, 6) is 1.05. The first-order chi connectivity index (χ1) is 6.86. The Labute approximate surface area is 91.0 Å².